The summed E-state index contributed by atoms with van der Waals surface area (Å²) in [5, 5.41) is 0. The Bertz CT molecular complexity index is 483. The van der Waals surface area contributed by atoms with Crippen molar-refractivity contribution in [2.45, 2.75) is 4.34 Å². The number of fused-ring (bicyclic) bond motifs is 1. The minimum Gasteiger partial charge on any atom is -0.493 e. The quantitative estimate of drug-likeness (QED) is 0.677. The molecule has 15 heavy (non-hydrogen) atoms. The van der Waals surface area contributed by atoms with Crippen LogP contribution < -0.4 is 9.47 Å². The van der Waals surface area contributed by atoms with Crippen LogP contribution in [-0.4, -0.2) is 19.2 Å². The molecule has 2 aromatic rings. The second-order valence-corrected chi connectivity index (χ2v) is 5.12. The zero-order valence-corrected chi connectivity index (χ0v) is 10.7. The molecule has 0 saturated carbocycles. The lowest BCUT2D eigenvalue weighted by molar-refractivity contribution is 0.358. The highest BCUT2D eigenvalue weighted by Crippen LogP contribution is 2.40. The summed E-state index contributed by atoms with van der Waals surface area (Å²) in [6.07, 6.45) is 0. The molecule has 0 N–H and O–H groups in total. The molecule has 0 aliphatic carbocycles. The summed E-state index contributed by atoms with van der Waals surface area (Å²) in [5.41, 5.74) is 0.832. The van der Waals surface area contributed by atoms with Crippen molar-refractivity contribution in [1.29, 1.82) is 0 Å². The van der Waals surface area contributed by atoms with Gasteiger partial charge in [0.1, 0.15) is 5.52 Å². The fraction of sp³-hybridized carbons (Fsp3) is 0.222. The molecule has 3 nitrogen and oxygen atoms in total. The zero-order chi connectivity index (χ0) is 10.8. The summed E-state index contributed by atoms with van der Waals surface area (Å²) in [5.74, 6) is 1.38. The Morgan fingerprint density at radius 1 is 1.33 bits per heavy atom. The lowest BCUT2D eigenvalue weighted by Gasteiger charge is -2.06. The molecule has 0 amide bonds. The monoisotopic (exact) mass is 259 g/mol. The molecule has 0 saturated heterocycles. The summed E-state index contributed by atoms with van der Waals surface area (Å²) in [7, 11) is 4.56. The Morgan fingerprint density at radius 3 is 2.73 bits per heavy atom. The number of nitrogens with zero attached hydrogens (tertiary/aromatic N) is 1. The predicted molar refractivity (Wildman–Crippen MR) is 67.6 cm³/mol. The van der Waals surface area contributed by atoms with Crippen LogP contribution in [0, 0.1) is 0 Å². The van der Waals surface area contributed by atoms with Gasteiger partial charge < -0.3 is 9.47 Å². The molecule has 0 spiro atoms. The van der Waals surface area contributed by atoms with E-state index < -0.39 is 0 Å². The van der Waals surface area contributed by atoms with E-state index in [9.17, 15) is 0 Å². The first-order valence-electron chi connectivity index (χ1n) is 4.13. The molecule has 0 radical (unpaired) electrons. The number of thiol groups is 1. The van der Waals surface area contributed by atoms with E-state index in [0.29, 0.717) is 11.5 Å². The van der Waals surface area contributed by atoms with E-state index >= 15 is 0 Å². The van der Waals surface area contributed by atoms with E-state index in [-0.39, 0.29) is 0 Å². The highest BCUT2D eigenvalue weighted by Gasteiger charge is 2.13. The van der Waals surface area contributed by atoms with Crippen molar-refractivity contribution in [2.24, 2.45) is 0 Å². The van der Waals surface area contributed by atoms with Crippen LogP contribution in [-0.2, 0) is 0 Å². The summed E-state index contributed by atoms with van der Waals surface area (Å²) in [4.78, 5) is 4.41. The fourth-order valence-corrected chi connectivity index (χ4v) is 3.03. The second-order valence-electron chi connectivity index (χ2n) is 2.72. The van der Waals surface area contributed by atoms with Gasteiger partial charge in [0.05, 0.1) is 18.9 Å². The van der Waals surface area contributed by atoms with Gasteiger partial charge in [-0.3, -0.25) is 0 Å². The first-order valence-corrected chi connectivity index (χ1v) is 6.81. The average Bonchev–Trinajstić information content (AvgIpc) is 2.70. The molecule has 0 unspecified atom stereocenters. The molecule has 0 fully saturated rings. The highest BCUT2D eigenvalue weighted by molar-refractivity contribution is 8.69. The molecule has 2 rings (SSSR count). The molecule has 1 aromatic heterocycles. The Balaban J connectivity index is 2.69. The third-order valence-corrected chi connectivity index (χ3v) is 4.41. The van der Waals surface area contributed by atoms with Crippen molar-refractivity contribution in [3.05, 3.63) is 12.1 Å². The molecular weight excluding hydrogens is 250 g/mol. The number of hydrogen-bond donors (Lipinski definition) is 1. The maximum atomic E-state index is 5.29. The van der Waals surface area contributed by atoms with E-state index in [0.717, 1.165) is 14.6 Å². The van der Waals surface area contributed by atoms with Gasteiger partial charge in [-0.1, -0.05) is 0 Å². The Labute approximate surface area is 101 Å². The number of methoxy groups -OCH3 is 2. The van der Waals surface area contributed by atoms with Crippen LogP contribution in [0.15, 0.2) is 16.5 Å². The van der Waals surface area contributed by atoms with Gasteiger partial charge in [0.25, 0.3) is 0 Å². The third kappa shape index (κ3) is 1.89. The maximum absolute atomic E-state index is 5.29. The van der Waals surface area contributed by atoms with E-state index in [1.165, 1.54) is 10.8 Å². The van der Waals surface area contributed by atoms with Gasteiger partial charge in [-0.25, -0.2) is 4.98 Å². The topological polar surface area (TPSA) is 31.4 Å². The molecule has 0 aliphatic rings. The van der Waals surface area contributed by atoms with Crippen molar-refractivity contribution in [2.75, 3.05) is 14.2 Å². The Kier molecular flexibility index (Phi) is 3.28. The van der Waals surface area contributed by atoms with Crippen molar-refractivity contribution >= 4 is 44.0 Å². The van der Waals surface area contributed by atoms with Crippen LogP contribution in [0.4, 0.5) is 0 Å². The van der Waals surface area contributed by atoms with Crippen molar-refractivity contribution in [3.63, 3.8) is 0 Å². The van der Waals surface area contributed by atoms with E-state index in [1.54, 1.807) is 25.6 Å². The first kappa shape index (κ1) is 10.9. The van der Waals surface area contributed by atoms with Crippen LogP contribution in [0.25, 0.3) is 10.2 Å². The lowest BCUT2D eigenvalue weighted by Crippen LogP contribution is -1.90. The Hall–Kier alpha value is -0.590. The van der Waals surface area contributed by atoms with E-state index in [4.69, 9.17) is 9.47 Å². The fourth-order valence-electron chi connectivity index (χ4n) is 1.33. The molecule has 6 heteroatoms. The minimum absolute atomic E-state index is 0.680. The van der Waals surface area contributed by atoms with Gasteiger partial charge in [-0.05, 0) is 22.9 Å². The highest BCUT2D eigenvalue weighted by atomic mass is 33.1. The summed E-state index contributed by atoms with van der Waals surface area (Å²) in [6, 6.07) is 3.86. The maximum Gasteiger partial charge on any atom is 0.188 e. The molecule has 0 atom stereocenters. The molecular formula is C9H9NO2S3. The molecule has 1 aromatic carbocycles. The number of thiazole rings is 1. The SMILES string of the molecule is COc1ccc2sc(SS)nc2c1OC. The summed E-state index contributed by atoms with van der Waals surface area (Å²) < 4.78 is 12.5. The first-order chi connectivity index (χ1) is 7.30. The normalized spacial score (nSPS) is 10.6. The van der Waals surface area contributed by atoms with E-state index in [2.05, 4.69) is 16.6 Å². The molecule has 1 heterocycles. The zero-order valence-electron chi connectivity index (χ0n) is 8.18. The number of rotatable bonds is 3. The second kappa shape index (κ2) is 4.51. The number of hydrogen-bond acceptors (Lipinski definition) is 6. The smallest absolute Gasteiger partial charge is 0.188 e. The Morgan fingerprint density at radius 2 is 2.13 bits per heavy atom. The van der Waals surface area contributed by atoms with Crippen molar-refractivity contribution in [3.8, 4) is 11.5 Å². The minimum atomic E-state index is 0.680. The molecule has 80 valence electrons. The number of benzene rings is 1. The van der Waals surface area contributed by atoms with Gasteiger partial charge in [-0.2, -0.15) is 0 Å². The van der Waals surface area contributed by atoms with Crippen LogP contribution in [0.2, 0.25) is 0 Å². The van der Waals surface area contributed by atoms with Gasteiger partial charge >= 0.3 is 0 Å². The predicted octanol–water partition coefficient (Wildman–Crippen LogP) is 3.25. The van der Waals surface area contributed by atoms with Gasteiger partial charge in [0, 0.05) is 0 Å². The van der Waals surface area contributed by atoms with Crippen LogP contribution in [0.1, 0.15) is 0 Å². The van der Waals surface area contributed by atoms with E-state index in [1.807, 2.05) is 12.1 Å². The van der Waals surface area contributed by atoms with Crippen LogP contribution in [0.3, 0.4) is 0 Å². The van der Waals surface area contributed by atoms with Crippen LogP contribution in [0.5, 0.6) is 11.5 Å². The lowest BCUT2D eigenvalue weighted by atomic mass is 10.3. The molecule has 0 aliphatic heterocycles. The van der Waals surface area contributed by atoms with Gasteiger partial charge in [-0.15, -0.1) is 23.0 Å². The number of aromatic nitrogens is 1. The number of ether oxygens (including phenoxy) is 2. The largest absolute Gasteiger partial charge is 0.493 e. The van der Waals surface area contributed by atoms with Crippen LogP contribution >= 0.6 is 33.8 Å². The standard InChI is InChI=1S/C9H9NO2S3/c1-11-5-3-4-6-7(8(5)12-2)10-9(14-6)15-13/h3-4,13H,1-2H3. The third-order valence-electron chi connectivity index (χ3n) is 1.96. The van der Waals surface area contributed by atoms with Crippen molar-refractivity contribution < 1.29 is 9.47 Å². The summed E-state index contributed by atoms with van der Waals surface area (Å²) in [6.45, 7) is 0. The average molecular weight is 259 g/mol. The molecule has 0 bridgehead atoms. The van der Waals surface area contributed by atoms with Gasteiger partial charge in [0.2, 0.25) is 0 Å². The van der Waals surface area contributed by atoms with Crippen molar-refractivity contribution in [1.82, 2.24) is 4.98 Å². The van der Waals surface area contributed by atoms with Gasteiger partial charge in [0.15, 0.2) is 15.8 Å². The summed E-state index contributed by atoms with van der Waals surface area (Å²) >= 11 is 5.71.